The van der Waals surface area contributed by atoms with Crippen LogP contribution in [0.5, 0.6) is 0 Å². The quantitative estimate of drug-likeness (QED) is 0.727. The molecular weight excluding hydrogens is 271 g/mol. The number of nitrogens with zero attached hydrogens (tertiary/aromatic N) is 3. The van der Waals surface area contributed by atoms with E-state index in [0.29, 0.717) is 18.0 Å². The van der Waals surface area contributed by atoms with Gasteiger partial charge in [-0.2, -0.15) is 13.2 Å². The highest BCUT2D eigenvalue weighted by Gasteiger charge is 2.35. The molecule has 0 amide bonds. The van der Waals surface area contributed by atoms with Gasteiger partial charge >= 0.3 is 6.18 Å². The zero-order valence-electron chi connectivity index (χ0n) is 11.2. The summed E-state index contributed by atoms with van der Waals surface area (Å²) in [5, 5.41) is 0. The first-order valence-corrected chi connectivity index (χ1v) is 6.54. The molecule has 1 aromatic heterocycles. The molecular formula is C13H16F3N3O. The second-order valence-electron chi connectivity index (χ2n) is 5.33. The third-order valence-corrected chi connectivity index (χ3v) is 3.80. The Morgan fingerprint density at radius 2 is 2.15 bits per heavy atom. The Balaban J connectivity index is 1.96. The number of rotatable bonds is 0. The van der Waals surface area contributed by atoms with E-state index in [-0.39, 0.29) is 12.6 Å². The molecule has 1 atom stereocenters. The van der Waals surface area contributed by atoms with E-state index in [1.807, 2.05) is 7.05 Å². The number of hydrogen-bond acceptors (Lipinski definition) is 4. The van der Waals surface area contributed by atoms with E-state index >= 15 is 0 Å². The SMILES string of the molecule is CN1CCN2c3ncc(C(F)(F)F)cc3COC[C@H]2C1. The molecule has 0 aromatic carbocycles. The maximum Gasteiger partial charge on any atom is 0.417 e. The second kappa shape index (κ2) is 4.89. The molecule has 1 aromatic rings. The van der Waals surface area contributed by atoms with Crippen LogP contribution >= 0.6 is 0 Å². The summed E-state index contributed by atoms with van der Waals surface area (Å²) in [6.45, 7) is 3.17. The second-order valence-corrected chi connectivity index (χ2v) is 5.33. The van der Waals surface area contributed by atoms with Gasteiger partial charge in [-0.25, -0.2) is 4.98 Å². The Morgan fingerprint density at radius 3 is 2.90 bits per heavy atom. The van der Waals surface area contributed by atoms with E-state index in [1.165, 1.54) is 0 Å². The van der Waals surface area contributed by atoms with Crippen molar-refractivity contribution >= 4 is 5.82 Å². The van der Waals surface area contributed by atoms with E-state index < -0.39 is 11.7 Å². The van der Waals surface area contributed by atoms with Gasteiger partial charge in [0.15, 0.2) is 0 Å². The van der Waals surface area contributed by atoms with Crippen molar-refractivity contribution in [2.24, 2.45) is 0 Å². The predicted octanol–water partition coefficient (Wildman–Crippen LogP) is 1.75. The van der Waals surface area contributed by atoms with Gasteiger partial charge in [0.05, 0.1) is 24.8 Å². The topological polar surface area (TPSA) is 28.6 Å². The van der Waals surface area contributed by atoms with Gasteiger partial charge in [0.1, 0.15) is 5.82 Å². The zero-order chi connectivity index (χ0) is 14.3. The van der Waals surface area contributed by atoms with Crippen molar-refractivity contribution in [3.63, 3.8) is 0 Å². The number of fused-ring (bicyclic) bond motifs is 3. The molecule has 0 radical (unpaired) electrons. The van der Waals surface area contributed by atoms with Gasteiger partial charge in [0.25, 0.3) is 0 Å². The van der Waals surface area contributed by atoms with Crippen LogP contribution in [0.15, 0.2) is 12.3 Å². The summed E-state index contributed by atoms with van der Waals surface area (Å²) in [5.41, 5.74) is -0.195. The average Bonchev–Trinajstić information content (AvgIpc) is 2.55. The third kappa shape index (κ3) is 2.47. The van der Waals surface area contributed by atoms with Gasteiger partial charge in [-0.1, -0.05) is 0 Å². The number of pyridine rings is 1. The largest absolute Gasteiger partial charge is 0.417 e. The molecule has 20 heavy (non-hydrogen) atoms. The lowest BCUT2D eigenvalue weighted by Gasteiger charge is -2.39. The molecule has 2 aliphatic rings. The molecule has 4 nitrogen and oxygen atoms in total. The van der Waals surface area contributed by atoms with Gasteiger partial charge in [-0.3, -0.25) is 0 Å². The number of ether oxygens (including phenoxy) is 1. The number of aromatic nitrogens is 1. The van der Waals surface area contributed by atoms with Crippen LogP contribution in [0.25, 0.3) is 0 Å². The fourth-order valence-electron chi connectivity index (χ4n) is 2.76. The summed E-state index contributed by atoms with van der Waals surface area (Å²) in [6, 6.07) is 1.31. The normalized spacial score (nSPS) is 24.0. The van der Waals surface area contributed by atoms with E-state index in [0.717, 1.165) is 31.9 Å². The van der Waals surface area contributed by atoms with Gasteiger partial charge in [-0.15, -0.1) is 0 Å². The molecule has 0 spiro atoms. The van der Waals surface area contributed by atoms with Crippen molar-refractivity contribution in [3.8, 4) is 0 Å². The number of hydrogen-bond donors (Lipinski definition) is 0. The van der Waals surface area contributed by atoms with Crippen molar-refractivity contribution < 1.29 is 17.9 Å². The molecule has 0 N–H and O–H groups in total. The highest BCUT2D eigenvalue weighted by Crippen LogP contribution is 2.33. The molecule has 0 unspecified atom stereocenters. The van der Waals surface area contributed by atoms with Crippen LogP contribution in [0, 0.1) is 0 Å². The first-order chi connectivity index (χ1) is 9.45. The van der Waals surface area contributed by atoms with Crippen LogP contribution in [0.3, 0.4) is 0 Å². The minimum atomic E-state index is -4.37. The number of piperazine rings is 1. The number of halogens is 3. The third-order valence-electron chi connectivity index (χ3n) is 3.80. The smallest absolute Gasteiger partial charge is 0.374 e. The highest BCUT2D eigenvalue weighted by atomic mass is 19.4. The standard InChI is InChI=1S/C13H16F3N3O/c1-18-2-3-19-11(6-18)8-20-7-9-4-10(13(14,15)16)5-17-12(9)19/h4-5,11H,2-3,6-8H2,1H3/t11-/m1/s1. The number of alkyl halides is 3. The molecule has 3 heterocycles. The molecule has 0 aliphatic carbocycles. The first-order valence-electron chi connectivity index (χ1n) is 6.54. The minimum absolute atomic E-state index is 0.152. The average molecular weight is 287 g/mol. The van der Waals surface area contributed by atoms with Crippen LogP contribution in [-0.2, 0) is 17.5 Å². The molecule has 1 fully saturated rings. The van der Waals surface area contributed by atoms with E-state index in [2.05, 4.69) is 14.8 Å². The molecule has 0 bridgehead atoms. The monoisotopic (exact) mass is 287 g/mol. The van der Waals surface area contributed by atoms with Crippen molar-refractivity contribution in [2.75, 3.05) is 38.2 Å². The summed E-state index contributed by atoms with van der Waals surface area (Å²) >= 11 is 0. The van der Waals surface area contributed by atoms with Crippen molar-refractivity contribution in [1.29, 1.82) is 0 Å². The summed E-state index contributed by atoms with van der Waals surface area (Å²) in [4.78, 5) is 8.33. The lowest BCUT2D eigenvalue weighted by Crippen LogP contribution is -2.53. The molecule has 110 valence electrons. The van der Waals surface area contributed by atoms with Crippen molar-refractivity contribution in [3.05, 3.63) is 23.4 Å². The molecule has 7 heteroatoms. The van der Waals surface area contributed by atoms with Gasteiger partial charge < -0.3 is 14.5 Å². The summed E-state index contributed by atoms with van der Waals surface area (Å²) < 4.78 is 43.8. The fraction of sp³-hybridized carbons (Fsp3) is 0.615. The Kier molecular flexibility index (Phi) is 3.33. The van der Waals surface area contributed by atoms with E-state index in [9.17, 15) is 13.2 Å². The van der Waals surface area contributed by atoms with Crippen molar-refractivity contribution in [1.82, 2.24) is 9.88 Å². The van der Waals surface area contributed by atoms with E-state index in [1.54, 1.807) is 0 Å². The summed E-state index contributed by atoms with van der Waals surface area (Å²) in [6.07, 6.45) is -3.45. The summed E-state index contributed by atoms with van der Waals surface area (Å²) in [5.74, 6) is 0.633. The Hall–Kier alpha value is -1.34. The summed E-state index contributed by atoms with van der Waals surface area (Å²) in [7, 11) is 2.03. The molecule has 0 saturated carbocycles. The lowest BCUT2D eigenvalue weighted by atomic mass is 10.1. The lowest BCUT2D eigenvalue weighted by molar-refractivity contribution is -0.137. The molecule has 2 aliphatic heterocycles. The Morgan fingerprint density at radius 1 is 1.35 bits per heavy atom. The van der Waals surface area contributed by atoms with Crippen LogP contribution < -0.4 is 4.90 Å². The molecule has 3 rings (SSSR count). The maximum atomic E-state index is 12.7. The maximum absolute atomic E-state index is 12.7. The minimum Gasteiger partial charge on any atom is -0.374 e. The van der Waals surface area contributed by atoms with Gasteiger partial charge in [0.2, 0.25) is 0 Å². The van der Waals surface area contributed by atoms with Crippen LogP contribution in [0.1, 0.15) is 11.1 Å². The fourth-order valence-corrected chi connectivity index (χ4v) is 2.76. The van der Waals surface area contributed by atoms with Gasteiger partial charge in [0, 0.05) is 31.4 Å². The number of likely N-dealkylation sites (N-methyl/N-ethyl adjacent to an activating group) is 1. The van der Waals surface area contributed by atoms with Crippen molar-refractivity contribution in [2.45, 2.75) is 18.8 Å². The highest BCUT2D eigenvalue weighted by molar-refractivity contribution is 5.50. The predicted molar refractivity (Wildman–Crippen MR) is 67.5 cm³/mol. The number of anilines is 1. The van der Waals surface area contributed by atoms with E-state index in [4.69, 9.17) is 4.74 Å². The first kappa shape index (κ1) is 13.6. The Labute approximate surface area is 115 Å². The zero-order valence-corrected chi connectivity index (χ0v) is 11.2. The van der Waals surface area contributed by atoms with Crippen LogP contribution in [-0.4, -0.2) is 49.2 Å². The van der Waals surface area contributed by atoms with Crippen LogP contribution in [0.4, 0.5) is 19.0 Å². The molecule has 1 saturated heterocycles. The van der Waals surface area contributed by atoms with Gasteiger partial charge in [-0.05, 0) is 13.1 Å². The van der Waals surface area contributed by atoms with Crippen LogP contribution in [0.2, 0.25) is 0 Å². The Bertz CT molecular complexity index is 506.